The number of hydrogen-bond acceptors (Lipinski definition) is 5. The third kappa shape index (κ3) is 6.06. The van der Waals surface area contributed by atoms with Crippen LogP contribution in [0, 0.1) is 5.92 Å². The summed E-state index contributed by atoms with van der Waals surface area (Å²) in [6, 6.07) is 3.86. The number of carbonyl (C=O) groups excluding carboxylic acids is 2. The third-order valence-electron chi connectivity index (χ3n) is 1.89. The molecule has 0 unspecified atom stereocenters. The Hall–Kier alpha value is -1.36. The van der Waals surface area contributed by atoms with Crippen LogP contribution in [-0.4, -0.2) is 18.7 Å². The van der Waals surface area contributed by atoms with E-state index in [9.17, 15) is 9.59 Å². The lowest BCUT2D eigenvalue weighted by atomic mass is 10.2. The summed E-state index contributed by atoms with van der Waals surface area (Å²) in [4.78, 5) is 23.4. The van der Waals surface area contributed by atoms with Gasteiger partial charge in [-0.25, -0.2) is 4.79 Å². The lowest BCUT2D eigenvalue weighted by Crippen LogP contribution is -2.16. The second-order valence-electron chi connectivity index (χ2n) is 4.01. The van der Waals surface area contributed by atoms with Crippen LogP contribution >= 0.6 is 11.3 Å². The summed E-state index contributed by atoms with van der Waals surface area (Å²) >= 11 is 1.57. The Morgan fingerprint density at radius 3 is 2.76 bits per heavy atom. The number of aryl methyl sites for hydroxylation is 1. The van der Waals surface area contributed by atoms with Crippen LogP contribution in [0.1, 0.15) is 25.1 Å². The van der Waals surface area contributed by atoms with E-state index in [2.05, 4.69) is 4.74 Å². The van der Waals surface area contributed by atoms with Crippen LogP contribution in [-0.2, 0) is 20.7 Å². The normalized spacial score (nSPS) is 10.3. The highest BCUT2D eigenvalue weighted by molar-refractivity contribution is 7.09. The molecule has 0 aromatic carbocycles. The van der Waals surface area contributed by atoms with Crippen molar-refractivity contribution in [1.82, 2.24) is 0 Å². The molecule has 1 aromatic heterocycles. The molecule has 0 N–H and O–H groups in total. The second kappa shape index (κ2) is 7.06. The average molecular weight is 256 g/mol. The highest BCUT2D eigenvalue weighted by Crippen LogP contribution is 2.11. The molecule has 1 aromatic rings. The Labute approximate surface area is 105 Å². The minimum atomic E-state index is -0.908. The van der Waals surface area contributed by atoms with Crippen molar-refractivity contribution in [2.45, 2.75) is 26.7 Å². The minimum absolute atomic E-state index is 0.192. The second-order valence-corrected chi connectivity index (χ2v) is 5.04. The first kappa shape index (κ1) is 13.7. The Morgan fingerprint density at radius 2 is 2.18 bits per heavy atom. The van der Waals surface area contributed by atoms with Gasteiger partial charge in [-0.1, -0.05) is 19.9 Å². The van der Waals surface area contributed by atoms with Gasteiger partial charge in [0.1, 0.15) is 0 Å². The molecule has 0 bridgehead atoms. The Bertz CT molecular complexity index is 357. The van der Waals surface area contributed by atoms with E-state index in [0.717, 1.165) is 4.88 Å². The van der Waals surface area contributed by atoms with Crippen LogP contribution in [0.25, 0.3) is 0 Å². The fourth-order valence-corrected chi connectivity index (χ4v) is 1.80. The van der Waals surface area contributed by atoms with E-state index >= 15 is 0 Å². The van der Waals surface area contributed by atoms with Crippen molar-refractivity contribution in [2.75, 3.05) is 6.61 Å². The highest BCUT2D eigenvalue weighted by Gasteiger charge is 2.12. The fraction of sp³-hybridized carbons (Fsp3) is 0.500. The van der Waals surface area contributed by atoms with Gasteiger partial charge >= 0.3 is 12.1 Å². The molecule has 1 heterocycles. The summed E-state index contributed by atoms with van der Waals surface area (Å²) in [6.45, 7) is 4.08. The number of ether oxygens (including phenoxy) is 2. The molecule has 94 valence electrons. The minimum Gasteiger partial charge on any atom is -0.434 e. The molecule has 17 heavy (non-hydrogen) atoms. The zero-order valence-electron chi connectivity index (χ0n) is 9.97. The number of thiophene rings is 1. The summed E-state index contributed by atoms with van der Waals surface area (Å²) in [5.74, 6) is -0.323. The Kier molecular flexibility index (Phi) is 5.69. The lowest BCUT2D eigenvalue weighted by Gasteiger charge is -2.06. The average Bonchev–Trinajstić information content (AvgIpc) is 2.76. The summed E-state index contributed by atoms with van der Waals surface area (Å²) in [7, 11) is 0. The van der Waals surface area contributed by atoms with Crippen LogP contribution in [0.5, 0.6) is 0 Å². The van der Waals surface area contributed by atoms with Gasteiger partial charge in [-0.2, -0.15) is 0 Å². The third-order valence-corrected chi connectivity index (χ3v) is 2.82. The van der Waals surface area contributed by atoms with Gasteiger partial charge in [-0.15, -0.1) is 11.3 Å². The van der Waals surface area contributed by atoms with E-state index in [4.69, 9.17) is 4.74 Å². The molecule has 0 fully saturated rings. The standard InChI is InChI=1S/C12H16O4S/c1-9(2)8-15-12(14)16-11(13)6-5-10-4-3-7-17-10/h3-4,7,9H,5-6,8H2,1-2H3. The molecule has 0 saturated heterocycles. The van der Waals surface area contributed by atoms with Crippen LogP contribution in [0.15, 0.2) is 17.5 Å². The van der Waals surface area contributed by atoms with Gasteiger partial charge in [0, 0.05) is 4.88 Å². The molecule has 0 saturated carbocycles. The van der Waals surface area contributed by atoms with Gasteiger partial charge in [0.05, 0.1) is 13.0 Å². The van der Waals surface area contributed by atoms with Crippen molar-refractivity contribution in [3.8, 4) is 0 Å². The van der Waals surface area contributed by atoms with Gasteiger partial charge in [0.2, 0.25) is 0 Å². The van der Waals surface area contributed by atoms with Gasteiger partial charge in [0.15, 0.2) is 0 Å². The van der Waals surface area contributed by atoms with Crippen molar-refractivity contribution in [2.24, 2.45) is 5.92 Å². The summed E-state index contributed by atoms with van der Waals surface area (Å²) in [6.07, 6.45) is -0.125. The Morgan fingerprint density at radius 1 is 1.41 bits per heavy atom. The van der Waals surface area contributed by atoms with E-state index in [1.807, 2.05) is 31.4 Å². The van der Waals surface area contributed by atoms with E-state index in [0.29, 0.717) is 6.42 Å². The van der Waals surface area contributed by atoms with Crippen LogP contribution in [0.3, 0.4) is 0 Å². The van der Waals surface area contributed by atoms with Gasteiger partial charge in [-0.05, 0) is 23.8 Å². The maximum absolute atomic E-state index is 11.3. The number of esters is 1. The largest absolute Gasteiger partial charge is 0.516 e. The maximum Gasteiger partial charge on any atom is 0.516 e. The molecule has 0 amide bonds. The number of carbonyl (C=O) groups is 2. The van der Waals surface area contributed by atoms with Crippen LogP contribution in [0.2, 0.25) is 0 Å². The molecular weight excluding hydrogens is 240 g/mol. The highest BCUT2D eigenvalue weighted by atomic mass is 32.1. The van der Waals surface area contributed by atoms with Crippen molar-refractivity contribution in [1.29, 1.82) is 0 Å². The zero-order chi connectivity index (χ0) is 12.7. The smallest absolute Gasteiger partial charge is 0.434 e. The summed E-state index contributed by atoms with van der Waals surface area (Å²) in [5, 5.41) is 1.94. The van der Waals surface area contributed by atoms with Crippen molar-refractivity contribution < 1.29 is 19.1 Å². The summed E-state index contributed by atoms with van der Waals surface area (Å²) in [5.41, 5.74) is 0. The van der Waals surface area contributed by atoms with Gasteiger partial charge in [0.25, 0.3) is 0 Å². The predicted octanol–water partition coefficient (Wildman–Crippen LogP) is 3.02. The summed E-state index contributed by atoms with van der Waals surface area (Å²) < 4.78 is 9.24. The van der Waals surface area contributed by atoms with Gasteiger partial charge in [-0.3, -0.25) is 4.79 Å². The molecule has 0 aliphatic carbocycles. The lowest BCUT2D eigenvalue weighted by molar-refractivity contribution is -0.139. The topological polar surface area (TPSA) is 52.6 Å². The van der Waals surface area contributed by atoms with Crippen molar-refractivity contribution in [3.63, 3.8) is 0 Å². The first-order valence-electron chi connectivity index (χ1n) is 5.47. The molecular formula is C12H16O4S. The fourth-order valence-electron chi connectivity index (χ4n) is 1.09. The van der Waals surface area contributed by atoms with E-state index in [1.54, 1.807) is 11.3 Å². The first-order chi connectivity index (χ1) is 8.08. The predicted molar refractivity (Wildman–Crippen MR) is 64.9 cm³/mol. The van der Waals surface area contributed by atoms with Crippen LogP contribution < -0.4 is 0 Å². The number of rotatable bonds is 5. The van der Waals surface area contributed by atoms with Crippen molar-refractivity contribution >= 4 is 23.5 Å². The number of hydrogen-bond donors (Lipinski definition) is 0. The zero-order valence-corrected chi connectivity index (χ0v) is 10.8. The van der Waals surface area contributed by atoms with E-state index < -0.39 is 12.1 Å². The quantitative estimate of drug-likeness (QED) is 0.600. The molecule has 0 spiro atoms. The van der Waals surface area contributed by atoms with Gasteiger partial charge < -0.3 is 9.47 Å². The molecule has 0 atom stereocenters. The monoisotopic (exact) mass is 256 g/mol. The molecule has 5 heteroatoms. The van der Waals surface area contributed by atoms with Crippen molar-refractivity contribution in [3.05, 3.63) is 22.4 Å². The molecule has 0 radical (unpaired) electrons. The molecule has 4 nitrogen and oxygen atoms in total. The van der Waals surface area contributed by atoms with E-state index in [1.165, 1.54) is 0 Å². The molecule has 0 aliphatic rings. The SMILES string of the molecule is CC(C)COC(=O)OC(=O)CCc1cccs1. The van der Waals surface area contributed by atoms with Crippen LogP contribution in [0.4, 0.5) is 4.79 Å². The first-order valence-corrected chi connectivity index (χ1v) is 6.35. The van der Waals surface area contributed by atoms with E-state index in [-0.39, 0.29) is 18.9 Å². The Balaban J connectivity index is 2.18. The molecule has 1 rings (SSSR count). The molecule has 0 aliphatic heterocycles. The maximum atomic E-state index is 11.3.